The Morgan fingerprint density at radius 1 is 1.28 bits per heavy atom. The van der Waals surface area contributed by atoms with Gasteiger partial charge in [0.15, 0.2) is 0 Å². The van der Waals surface area contributed by atoms with E-state index in [1.54, 1.807) is 0 Å². The molecule has 25 heavy (non-hydrogen) atoms. The van der Waals surface area contributed by atoms with Gasteiger partial charge in [-0.2, -0.15) is 0 Å². The lowest BCUT2D eigenvalue weighted by Gasteiger charge is -2.34. The second-order valence-corrected chi connectivity index (χ2v) is 7.68. The fraction of sp³-hybridized carbons (Fsp3) is 0.600. The molecule has 1 unspecified atom stereocenters. The molecule has 2 aliphatic rings. The molecule has 3 rings (SSSR count). The number of carbonyl (C=O) groups is 2. The molecule has 1 aromatic rings. The van der Waals surface area contributed by atoms with Gasteiger partial charge in [0, 0.05) is 44.2 Å². The van der Waals surface area contributed by atoms with Gasteiger partial charge in [-0.3, -0.25) is 9.59 Å². The number of fused-ring (bicyclic) bond motifs is 1. The van der Waals surface area contributed by atoms with Crippen LogP contribution >= 0.6 is 0 Å². The Kier molecular flexibility index (Phi) is 5.74. The Labute approximate surface area is 150 Å². The van der Waals surface area contributed by atoms with E-state index in [2.05, 4.69) is 36.6 Å². The summed E-state index contributed by atoms with van der Waals surface area (Å²) in [4.78, 5) is 26.5. The van der Waals surface area contributed by atoms with E-state index in [1.165, 1.54) is 17.5 Å². The van der Waals surface area contributed by atoms with Gasteiger partial charge in [-0.05, 0) is 48.4 Å². The van der Waals surface area contributed by atoms with E-state index >= 15 is 0 Å². The van der Waals surface area contributed by atoms with Crippen molar-refractivity contribution in [1.29, 1.82) is 0 Å². The molecule has 1 aromatic carbocycles. The predicted molar refractivity (Wildman–Crippen MR) is 99.5 cm³/mol. The first kappa shape index (κ1) is 17.9. The number of piperazine rings is 1. The number of hydrogen-bond acceptors (Lipinski definition) is 3. The number of benzene rings is 1. The van der Waals surface area contributed by atoms with Crippen molar-refractivity contribution < 1.29 is 9.59 Å². The Balaban J connectivity index is 1.51. The summed E-state index contributed by atoms with van der Waals surface area (Å²) in [6.07, 6.45) is 4.43. The largest absolute Gasteiger partial charge is 0.340 e. The SMILES string of the molecule is CC(C)CC(=O)N1CCNC(CC(=O)Nc2ccc3c(c2)CCC3)C1. The summed E-state index contributed by atoms with van der Waals surface area (Å²) in [5, 5.41) is 6.37. The van der Waals surface area contributed by atoms with E-state index in [0.29, 0.717) is 25.3 Å². The first-order valence-corrected chi connectivity index (χ1v) is 9.44. The van der Waals surface area contributed by atoms with Crippen molar-refractivity contribution >= 4 is 17.5 Å². The molecule has 0 bridgehead atoms. The molecular weight excluding hydrogens is 314 g/mol. The van der Waals surface area contributed by atoms with Crippen LogP contribution in [0, 0.1) is 5.92 Å². The standard InChI is InChI=1S/C20H29N3O2/c1-14(2)10-20(25)23-9-8-21-18(13-23)12-19(24)22-17-7-6-15-4-3-5-16(15)11-17/h6-7,11,14,18,21H,3-5,8-10,12-13H2,1-2H3,(H,22,24). The molecule has 1 atom stereocenters. The van der Waals surface area contributed by atoms with Gasteiger partial charge in [0.1, 0.15) is 0 Å². The lowest BCUT2D eigenvalue weighted by molar-refractivity contribution is -0.133. The molecule has 0 spiro atoms. The number of rotatable bonds is 5. The zero-order chi connectivity index (χ0) is 17.8. The van der Waals surface area contributed by atoms with E-state index in [4.69, 9.17) is 0 Å². The smallest absolute Gasteiger partial charge is 0.226 e. The first-order chi connectivity index (χ1) is 12.0. The average Bonchev–Trinajstić information content (AvgIpc) is 3.02. The van der Waals surface area contributed by atoms with E-state index in [1.807, 2.05) is 11.0 Å². The van der Waals surface area contributed by atoms with Crippen LogP contribution in [0.25, 0.3) is 0 Å². The lowest BCUT2D eigenvalue weighted by Crippen LogP contribution is -2.53. The maximum absolute atomic E-state index is 12.4. The van der Waals surface area contributed by atoms with Crippen molar-refractivity contribution in [3.05, 3.63) is 29.3 Å². The Morgan fingerprint density at radius 3 is 2.88 bits per heavy atom. The fourth-order valence-electron chi connectivity index (χ4n) is 3.75. The number of aryl methyl sites for hydroxylation is 2. The summed E-state index contributed by atoms with van der Waals surface area (Å²) in [6.45, 7) is 6.21. The third-order valence-corrected chi connectivity index (χ3v) is 5.01. The Bertz CT molecular complexity index is 642. The van der Waals surface area contributed by atoms with Crippen molar-refractivity contribution in [2.24, 2.45) is 5.92 Å². The molecule has 5 nitrogen and oxygen atoms in total. The highest BCUT2D eigenvalue weighted by molar-refractivity contribution is 5.91. The quantitative estimate of drug-likeness (QED) is 0.863. The van der Waals surface area contributed by atoms with Crippen LogP contribution in [0.5, 0.6) is 0 Å². The topological polar surface area (TPSA) is 61.4 Å². The molecular formula is C20H29N3O2. The molecule has 1 heterocycles. The molecule has 136 valence electrons. The molecule has 0 saturated carbocycles. The molecule has 1 saturated heterocycles. The zero-order valence-corrected chi connectivity index (χ0v) is 15.3. The van der Waals surface area contributed by atoms with Crippen LogP contribution in [-0.2, 0) is 22.4 Å². The van der Waals surface area contributed by atoms with Crippen LogP contribution in [0.15, 0.2) is 18.2 Å². The highest BCUT2D eigenvalue weighted by Gasteiger charge is 2.25. The van der Waals surface area contributed by atoms with Gasteiger partial charge in [-0.25, -0.2) is 0 Å². The molecule has 5 heteroatoms. The van der Waals surface area contributed by atoms with Gasteiger partial charge in [-0.15, -0.1) is 0 Å². The maximum Gasteiger partial charge on any atom is 0.226 e. The summed E-state index contributed by atoms with van der Waals surface area (Å²) >= 11 is 0. The summed E-state index contributed by atoms with van der Waals surface area (Å²) < 4.78 is 0. The summed E-state index contributed by atoms with van der Waals surface area (Å²) in [5.41, 5.74) is 3.65. The minimum atomic E-state index is 0.00797. The van der Waals surface area contributed by atoms with Gasteiger partial charge < -0.3 is 15.5 Å². The van der Waals surface area contributed by atoms with Gasteiger partial charge in [0.2, 0.25) is 11.8 Å². The molecule has 2 N–H and O–H groups in total. The van der Waals surface area contributed by atoms with E-state index < -0.39 is 0 Å². The van der Waals surface area contributed by atoms with Gasteiger partial charge in [0.25, 0.3) is 0 Å². The Morgan fingerprint density at radius 2 is 2.08 bits per heavy atom. The van der Waals surface area contributed by atoms with Crippen LogP contribution in [0.3, 0.4) is 0 Å². The second kappa shape index (κ2) is 8.00. The first-order valence-electron chi connectivity index (χ1n) is 9.44. The average molecular weight is 343 g/mol. The number of amides is 2. The molecule has 1 fully saturated rings. The maximum atomic E-state index is 12.4. The fourth-order valence-corrected chi connectivity index (χ4v) is 3.75. The van der Waals surface area contributed by atoms with Crippen molar-refractivity contribution in [2.75, 3.05) is 25.0 Å². The van der Waals surface area contributed by atoms with Crippen LogP contribution in [0.2, 0.25) is 0 Å². The third-order valence-electron chi connectivity index (χ3n) is 5.01. The zero-order valence-electron chi connectivity index (χ0n) is 15.3. The Hall–Kier alpha value is -1.88. The number of hydrogen-bond donors (Lipinski definition) is 2. The van der Waals surface area contributed by atoms with Crippen molar-refractivity contribution in [2.45, 2.75) is 52.0 Å². The number of anilines is 1. The normalized spacial score (nSPS) is 19.8. The highest BCUT2D eigenvalue weighted by Crippen LogP contribution is 2.25. The van der Waals surface area contributed by atoms with Gasteiger partial charge in [0.05, 0.1) is 0 Å². The van der Waals surface area contributed by atoms with Crippen LogP contribution < -0.4 is 10.6 Å². The molecule has 2 amide bonds. The minimum Gasteiger partial charge on any atom is -0.340 e. The number of carbonyl (C=O) groups excluding carboxylic acids is 2. The van der Waals surface area contributed by atoms with Crippen molar-refractivity contribution in [3.63, 3.8) is 0 Å². The van der Waals surface area contributed by atoms with Crippen LogP contribution in [0.1, 0.15) is 44.2 Å². The van der Waals surface area contributed by atoms with E-state index in [-0.39, 0.29) is 17.9 Å². The van der Waals surface area contributed by atoms with E-state index in [9.17, 15) is 9.59 Å². The van der Waals surface area contributed by atoms with Gasteiger partial charge in [-0.1, -0.05) is 19.9 Å². The lowest BCUT2D eigenvalue weighted by atomic mass is 10.1. The highest BCUT2D eigenvalue weighted by atomic mass is 16.2. The van der Waals surface area contributed by atoms with Crippen molar-refractivity contribution in [1.82, 2.24) is 10.2 Å². The number of nitrogens with zero attached hydrogens (tertiary/aromatic N) is 1. The predicted octanol–water partition coefficient (Wildman–Crippen LogP) is 2.35. The van der Waals surface area contributed by atoms with E-state index in [0.717, 1.165) is 31.6 Å². The van der Waals surface area contributed by atoms with Crippen molar-refractivity contribution in [3.8, 4) is 0 Å². The molecule has 0 radical (unpaired) electrons. The molecule has 1 aliphatic heterocycles. The monoisotopic (exact) mass is 343 g/mol. The summed E-state index contributed by atoms with van der Waals surface area (Å²) in [5.74, 6) is 0.568. The van der Waals surface area contributed by atoms with Crippen LogP contribution in [0.4, 0.5) is 5.69 Å². The third kappa shape index (κ3) is 4.82. The van der Waals surface area contributed by atoms with Gasteiger partial charge >= 0.3 is 0 Å². The molecule has 0 aromatic heterocycles. The molecule has 1 aliphatic carbocycles. The number of nitrogens with one attached hydrogen (secondary N) is 2. The summed E-state index contributed by atoms with van der Waals surface area (Å²) in [7, 11) is 0. The second-order valence-electron chi connectivity index (χ2n) is 7.68. The summed E-state index contributed by atoms with van der Waals surface area (Å²) in [6, 6.07) is 6.25. The van der Waals surface area contributed by atoms with Crippen LogP contribution in [-0.4, -0.2) is 42.4 Å². The minimum absolute atomic E-state index is 0.00797.